The number of alkyl halides is 2. The van der Waals surface area contributed by atoms with Gasteiger partial charge in [-0.25, -0.2) is 13.2 Å². The first kappa shape index (κ1) is 22.1. The molecule has 1 aromatic heterocycles. The van der Waals surface area contributed by atoms with Gasteiger partial charge >= 0.3 is 0 Å². The highest BCUT2D eigenvalue weighted by Gasteiger charge is 2.55. The average Bonchev–Trinajstić information content (AvgIpc) is 3.21. The largest absolute Gasteiger partial charge is 0.344 e. The zero-order chi connectivity index (χ0) is 23.4. The van der Waals surface area contributed by atoms with Gasteiger partial charge in [0.15, 0.2) is 0 Å². The van der Waals surface area contributed by atoms with Crippen molar-refractivity contribution >= 4 is 23.3 Å². The van der Waals surface area contributed by atoms with Crippen LogP contribution in [-0.2, 0) is 17.8 Å². The molecule has 1 aliphatic heterocycles. The molecule has 1 aromatic carbocycles. The summed E-state index contributed by atoms with van der Waals surface area (Å²) in [5.41, 5.74) is 0.922. The minimum Gasteiger partial charge on any atom is -0.344 e. The quantitative estimate of drug-likeness (QED) is 0.539. The molecule has 170 valence electrons. The molecule has 0 spiro atoms. The molecule has 9 heteroatoms. The van der Waals surface area contributed by atoms with Gasteiger partial charge in [-0.1, -0.05) is 6.07 Å². The molecule has 1 saturated carbocycles. The van der Waals surface area contributed by atoms with Gasteiger partial charge < -0.3 is 15.2 Å². The molecule has 2 heterocycles. The van der Waals surface area contributed by atoms with E-state index < -0.39 is 47.7 Å². The molecule has 1 aliphatic carbocycles. The third-order valence-corrected chi connectivity index (χ3v) is 6.20. The zero-order valence-electron chi connectivity index (χ0n) is 18.1. The van der Waals surface area contributed by atoms with E-state index in [4.69, 9.17) is 0 Å². The molecule has 2 amide bonds. The Labute approximate surface area is 183 Å². The summed E-state index contributed by atoms with van der Waals surface area (Å²) in [6.45, 7) is 5.13. The zero-order valence-corrected chi connectivity index (χ0v) is 18.1. The molecule has 6 nitrogen and oxygen atoms in total. The Kier molecular flexibility index (Phi) is 5.18. The van der Waals surface area contributed by atoms with Crippen LogP contribution in [0.5, 0.6) is 0 Å². The Balaban J connectivity index is 1.60. The highest BCUT2D eigenvalue weighted by Crippen LogP contribution is 2.45. The maximum absolute atomic E-state index is 13.9. The van der Waals surface area contributed by atoms with Crippen molar-refractivity contribution in [3.05, 3.63) is 52.1 Å². The minimum atomic E-state index is -2.85. The van der Waals surface area contributed by atoms with Crippen molar-refractivity contribution in [2.45, 2.75) is 64.5 Å². The number of aromatic nitrogens is 1. The lowest BCUT2D eigenvalue weighted by atomic mass is 9.75. The molecule has 2 aliphatic rings. The second kappa shape index (κ2) is 7.50. The number of hydrogen-bond acceptors (Lipinski definition) is 3. The van der Waals surface area contributed by atoms with Crippen LogP contribution in [0.25, 0.3) is 0 Å². The van der Waals surface area contributed by atoms with E-state index in [0.717, 1.165) is 0 Å². The van der Waals surface area contributed by atoms with Crippen molar-refractivity contribution in [1.82, 2.24) is 9.88 Å². The fraction of sp³-hybridized carbons (Fsp3) is 0.435. The number of carbonyl (C=O) groups excluding carboxylic acids is 3. The topological polar surface area (TPSA) is 80.2 Å². The highest BCUT2D eigenvalue weighted by atomic mass is 19.3. The van der Waals surface area contributed by atoms with Gasteiger partial charge in [-0.05, 0) is 56.9 Å². The Morgan fingerprint density at radius 2 is 1.81 bits per heavy atom. The van der Waals surface area contributed by atoms with Crippen molar-refractivity contribution < 1.29 is 27.6 Å². The molecule has 4 rings (SSSR count). The van der Waals surface area contributed by atoms with Crippen LogP contribution in [-0.4, -0.2) is 33.6 Å². The summed E-state index contributed by atoms with van der Waals surface area (Å²) in [6, 6.07) is 4.34. The Bertz CT molecular complexity index is 1150. The maximum Gasteiger partial charge on any atom is 0.294 e. The van der Waals surface area contributed by atoms with Crippen molar-refractivity contribution in [3.8, 4) is 0 Å². The Hall–Kier alpha value is -3.10. The highest BCUT2D eigenvalue weighted by molar-refractivity contribution is 6.43. The lowest BCUT2D eigenvalue weighted by Crippen LogP contribution is -2.61. The number of Topliss-reactive ketones (excluding diaryl/α,β-unsaturated/α-hetero) is 1. The second-order valence-electron chi connectivity index (χ2n) is 9.02. The van der Waals surface area contributed by atoms with Crippen molar-refractivity contribution in [2.75, 3.05) is 5.32 Å². The summed E-state index contributed by atoms with van der Waals surface area (Å²) in [4.78, 5) is 38.6. The SMILES string of the molecule is Cc1ccc(NC(=O)c2c(C)c(C(=O)C(=O)NC3(C)CC(F)(F)C3)n3c2CCC3)cc1F. The van der Waals surface area contributed by atoms with Crippen molar-refractivity contribution in [2.24, 2.45) is 0 Å². The van der Waals surface area contributed by atoms with Gasteiger partial charge in [0, 0.05) is 36.3 Å². The molecule has 0 atom stereocenters. The number of nitrogens with zero attached hydrogens (tertiary/aromatic N) is 1. The van der Waals surface area contributed by atoms with Gasteiger partial charge in [0.05, 0.1) is 11.3 Å². The first-order chi connectivity index (χ1) is 14.9. The van der Waals surface area contributed by atoms with E-state index in [0.29, 0.717) is 36.2 Å². The number of aryl methyl sites for hydroxylation is 1. The monoisotopic (exact) mass is 447 g/mol. The molecule has 0 radical (unpaired) electrons. The van der Waals surface area contributed by atoms with Crippen LogP contribution in [0.15, 0.2) is 18.2 Å². The summed E-state index contributed by atoms with van der Waals surface area (Å²) in [5, 5.41) is 5.09. The molecular formula is C23H24F3N3O3. The summed E-state index contributed by atoms with van der Waals surface area (Å²) < 4.78 is 42.0. The van der Waals surface area contributed by atoms with Crippen LogP contribution in [0.3, 0.4) is 0 Å². The standard InChI is InChI=1S/C23H24F3N3O3/c1-12-6-7-14(9-15(12)24)27-20(31)17-13(2)18(29-8-4-5-16(17)29)19(30)21(32)28-22(3)10-23(25,26)11-22/h6-7,9H,4-5,8,10-11H2,1-3H3,(H,27,31)(H,28,32). The van der Waals surface area contributed by atoms with Gasteiger partial charge in [-0.15, -0.1) is 0 Å². The summed E-state index contributed by atoms with van der Waals surface area (Å²) in [5.74, 6) is -5.63. The van der Waals surface area contributed by atoms with Crippen LogP contribution in [0.2, 0.25) is 0 Å². The maximum atomic E-state index is 13.9. The van der Waals surface area contributed by atoms with Gasteiger partial charge in [0.1, 0.15) is 5.82 Å². The summed E-state index contributed by atoms with van der Waals surface area (Å²) in [6.07, 6.45) is 0.196. The van der Waals surface area contributed by atoms with Crippen LogP contribution in [0.1, 0.15) is 63.9 Å². The van der Waals surface area contributed by atoms with E-state index in [1.807, 2.05) is 0 Å². The summed E-state index contributed by atoms with van der Waals surface area (Å²) >= 11 is 0. The first-order valence-electron chi connectivity index (χ1n) is 10.4. The molecule has 2 aromatic rings. The lowest BCUT2D eigenvalue weighted by molar-refractivity contribution is -0.140. The number of fused-ring (bicyclic) bond motifs is 1. The number of ketones is 1. The molecular weight excluding hydrogens is 423 g/mol. The van der Waals surface area contributed by atoms with Crippen molar-refractivity contribution in [3.63, 3.8) is 0 Å². The van der Waals surface area contributed by atoms with Crippen molar-refractivity contribution in [1.29, 1.82) is 0 Å². The van der Waals surface area contributed by atoms with E-state index in [1.165, 1.54) is 13.0 Å². The average molecular weight is 447 g/mol. The molecule has 1 fully saturated rings. The number of nitrogens with one attached hydrogen (secondary N) is 2. The minimum absolute atomic E-state index is 0.0879. The van der Waals surface area contributed by atoms with Crippen LogP contribution in [0, 0.1) is 19.7 Å². The second-order valence-corrected chi connectivity index (χ2v) is 9.02. The molecule has 0 unspecified atom stereocenters. The Morgan fingerprint density at radius 3 is 2.44 bits per heavy atom. The number of hydrogen-bond donors (Lipinski definition) is 2. The van der Waals surface area contributed by atoms with Gasteiger partial charge in [0.2, 0.25) is 0 Å². The Morgan fingerprint density at radius 1 is 1.12 bits per heavy atom. The smallest absolute Gasteiger partial charge is 0.294 e. The van der Waals surface area contributed by atoms with Gasteiger partial charge in [0.25, 0.3) is 23.5 Å². The van der Waals surface area contributed by atoms with Crippen LogP contribution in [0.4, 0.5) is 18.9 Å². The van der Waals surface area contributed by atoms with E-state index in [1.54, 1.807) is 30.5 Å². The molecule has 2 N–H and O–H groups in total. The fourth-order valence-electron chi connectivity index (χ4n) is 4.79. The van der Waals surface area contributed by atoms with E-state index in [2.05, 4.69) is 10.6 Å². The normalized spacial score (nSPS) is 17.9. The third-order valence-electron chi connectivity index (χ3n) is 6.20. The van der Waals surface area contributed by atoms with E-state index in [9.17, 15) is 27.6 Å². The molecule has 0 saturated heterocycles. The number of amides is 2. The fourth-order valence-corrected chi connectivity index (χ4v) is 4.79. The molecule has 0 bridgehead atoms. The summed E-state index contributed by atoms with van der Waals surface area (Å²) in [7, 11) is 0. The predicted molar refractivity (Wildman–Crippen MR) is 112 cm³/mol. The first-order valence-corrected chi connectivity index (χ1v) is 10.4. The number of anilines is 1. The third kappa shape index (κ3) is 3.80. The lowest BCUT2D eigenvalue weighted by Gasteiger charge is -2.45. The predicted octanol–water partition coefficient (Wildman–Crippen LogP) is 3.93. The number of halogens is 3. The number of rotatable bonds is 5. The number of carbonyl (C=O) groups is 3. The van der Waals surface area contributed by atoms with Gasteiger partial charge in [-0.2, -0.15) is 0 Å². The van der Waals surface area contributed by atoms with E-state index >= 15 is 0 Å². The van der Waals surface area contributed by atoms with Crippen LogP contribution >= 0.6 is 0 Å². The molecule has 32 heavy (non-hydrogen) atoms. The van der Waals surface area contributed by atoms with E-state index in [-0.39, 0.29) is 16.9 Å². The number of benzene rings is 1. The van der Waals surface area contributed by atoms with Gasteiger partial charge in [-0.3, -0.25) is 14.4 Å². The van der Waals surface area contributed by atoms with Crippen LogP contribution < -0.4 is 10.6 Å².